The normalized spacial score (nSPS) is 12.4. The fraction of sp³-hybridized carbons (Fsp3) is 0.810. The number of esters is 3. The van der Waals surface area contributed by atoms with Crippen molar-refractivity contribution in [2.24, 2.45) is 0 Å². The highest BCUT2D eigenvalue weighted by atomic mass is 16.6. The van der Waals surface area contributed by atoms with E-state index in [9.17, 15) is 14.4 Å². The van der Waals surface area contributed by atoms with Crippen LogP contribution in [0.2, 0.25) is 0 Å². The minimum absolute atomic E-state index is 0.0789. The number of rotatable bonds is 50. The molecule has 0 spiro atoms. The van der Waals surface area contributed by atoms with E-state index in [1.54, 1.807) is 0 Å². The molecule has 0 aliphatic heterocycles. The maximum absolute atomic E-state index is 12.8. The SMILES string of the molecule is CC/C=C\C/C=C\CCCCCCCCCC(=O)OC(COC(=O)CCCCCCC/C=C\C=C/CCCCCCCCC)COC(=O)CCCCCCCCCCCCCCCC. The van der Waals surface area contributed by atoms with Gasteiger partial charge in [0, 0.05) is 19.3 Å². The third-order valence-electron chi connectivity index (χ3n) is 12.1. The number of hydrogen-bond acceptors (Lipinski definition) is 6. The number of hydrogen-bond donors (Lipinski definition) is 0. The Bertz CT molecular complexity index is 1120. The van der Waals surface area contributed by atoms with Gasteiger partial charge < -0.3 is 14.2 Å². The van der Waals surface area contributed by atoms with E-state index in [2.05, 4.69) is 69.4 Å². The summed E-state index contributed by atoms with van der Waals surface area (Å²) in [7, 11) is 0. The van der Waals surface area contributed by atoms with Gasteiger partial charge in [0.1, 0.15) is 13.2 Å². The molecule has 0 aliphatic rings. The van der Waals surface area contributed by atoms with E-state index in [1.165, 1.54) is 148 Å². The average molecular weight is 897 g/mol. The molecule has 0 aromatic heterocycles. The Morgan fingerprint density at radius 2 is 0.656 bits per heavy atom. The van der Waals surface area contributed by atoms with Gasteiger partial charge in [-0.1, -0.05) is 243 Å². The summed E-state index contributed by atoms with van der Waals surface area (Å²) in [5, 5.41) is 0. The van der Waals surface area contributed by atoms with Crippen molar-refractivity contribution in [2.45, 2.75) is 290 Å². The minimum atomic E-state index is -0.781. The Kier molecular flexibility index (Phi) is 50.8. The number of ether oxygens (including phenoxy) is 3. The zero-order valence-corrected chi connectivity index (χ0v) is 42.6. The summed E-state index contributed by atoms with van der Waals surface area (Å²) in [5.41, 5.74) is 0. The monoisotopic (exact) mass is 897 g/mol. The highest BCUT2D eigenvalue weighted by Gasteiger charge is 2.19. The Labute approximate surface area is 397 Å². The van der Waals surface area contributed by atoms with Crippen molar-refractivity contribution >= 4 is 17.9 Å². The lowest BCUT2D eigenvalue weighted by molar-refractivity contribution is -0.167. The van der Waals surface area contributed by atoms with Crippen LogP contribution in [0.5, 0.6) is 0 Å². The Balaban J connectivity index is 4.38. The van der Waals surface area contributed by atoms with Crippen molar-refractivity contribution in [1.29, 1.82) is 0 Å². The van der Waals surface area contributed by atoms with Crippen molar-refractivity contribution in [2.75, 3.05) is 13.2 Å². The molecule has 0 radical (unpaired) electrons. The van der Waals surface area contributed by atoms with Crippen LogP contribution >= 0.6 is 0 Å². The van der Waals surface area contributed by atoms with Gasteiger partial charge in [0.25, 0.3) is 0 Å². The Morgan fingerprint density at radius 3 is 1.03 bits per heavy atom. The molecule has 372 valence electrons. The van der Waals surface area contributed by atoms with Gasteiger partial charge in [-0.05, 0) is 70.6 Å². The van der Waals surface area contributed by atoms with Crippen LogP contribution < -0.4 is 0 Å². The van der Waals surface area contributed by atoms with Gasteiger partial charge in [0.05, 0.1) is 0 Å². The lowest BCUT2D eigenvalue weighted by Crippen LogP contribution is -2.30. The summed E-state index contributed by atoms with van der Waals surface area (Å²) in [6, 6.07) is 0. The zero-order chi connectivity index (χ0) is 46.5. The lowest BCUT2D eigenvalue weighted by atomic mass is 10.0. The average Bonchev–Trinajstić information content (AvgIpc) is 3.29. The minimum Gasteiger partial charge on any atom is -0.462 e. The summed E-state index contributed by atoms with van der Waals surface area (Å²) in [5.74, 6) is -0.891. The van der Waals surface area contributed by atoms with E-state index in [0.29, 0.717) is 19.3 Å². The molecule has 0 bridgehead atoms. The molecule has 0 N–H and O–H groups in total. The number of carbonyl (C=O) groups is 3. The van der Waals surface area contributed by atoms with Crippen molar-refractivity contribution in [1.82, 2.24) is 0 Å². The van der Waals surface area contributed by atoms with Gasteiger partial charge in [-0.15, -0.1) is 0 Å². The second-order valence-electron chi connectivity index (χ2n) is 18.5. The molecule has 0 aromatic rings. The van der Waals surface area contributed by atoms with Crippen LogP contribution in [-0.4, -0.2) is 37.2 Å². The van der Waals surface area contributed by atoms with E-state index in [-0.39, 0.29) is 31.1 Å². The first-order valence-electron chi connectivity index (χ1n) is 27.7. The van der Waals surface area contributed by atoms with E-state index in [1.807, 2.05) is 0 Å². The van der Waals surface area contributed by atoms with Crippen LogP contribution in [0.15, 0.2) is 48.6 Å². The van der Waals surface area contributed by atoms with Crippen molar-refractivity contribution in [3.05, 3.63) is 48.6 Å². The first kappa shape index (κ1) is 61.4. The molecule has 6 nitrogen and oxygen atoms in total. The molecule has 0 amide bonds. The maximum atomic E-state index is 12.8. The predicted molar refractivity (Wildman–Crippen MR) is 275 cm³/mol. The van der Waals surface area contributed by atoms with Gasteiger partial charge in [0.2, 0.25) is 0 Å². The van der Waals surface area contributed by atoms with Gasteiger partial charge in [-0.3, -0.25) is 14.4 Å². The standard InChI is InChI=1S/C58H104O6/c1-4-7-10-13-16-19-22-25-28-29-30-31-34-36-39-42-45-48-51-57(60)63-54-55(64-58(61)52-49-46-43-40-37-33-27-24-21-18-15-12-9-6-3)53-62-56(59)50-47-44-41-38-35-32-26-23-20-17-14-11-8-5-2/h9,12,18,21,28-31,55H,4-8,10-11,13-17,19-20,22-27,32-54H2,1-3H3/b12-9-,21-18-,29-28-,31-30-. The third kappa shape index (κ3) is 50.4. The molecule has 0 rings (SSSR count). The molecule has 0 aliphatic carbocycles. The molecule has 0 aromatic carbocycles. The fourth-order valence-electron chi connectivity index (χ4n) is 7.94. The van der Waals surface area contributed by atoms with E-state index < -0.39 is 6.10 Å². The first-order valence-corrected chi connectivity index (χ1v) is 27.7. The summed E-state index contributed by atoms with van der Waals surface area (Å²) in [6.45, 7) is 6.53. The molecule has 0 heterocycles. The van der Waals surface area contributed by atoms with Crippen molar-refractivity contribution in [3.63, 3.8) is 0 Å². The predicted octanol–water partition coefficient (Wildman–Crippen LogP) is 18.3. The second-order valence-corrected chi connectivity index (χ2v) is 18.5. The van der Waals surface area contributed by atoms with Crippen LogP contribution in [0.3, 0.4) is 0 Å². The second kappa shape index (κ2) is 53.0. The maximum Gasteiger partial charge on any atom is 0.306 e. The summed E-state index contributed by atoms with van der Waals surface area (Å²) in [6.07, 6.45) is 63.8. The third-order valence-corrected chi connectivity index (χ3v) is 12.1. The molecule has 1 unspecified atom stereocenters. The molecule has 0 fully saturated rings. The van der Waals surface area contributed by atoms with Gasteiger partial charge in [0.15, 0.2) is 6.10 Å². The molecule has 1 atom stereocenters. The first-order chi connectivity index (χ1) is 31.5. The van der Waals surface area contributed by atoms with E-state index in [0.717, 1.165) is 96.3 Å². The van der Waals surface area contributed by atoms with Gasteiger partial charge >= 0.3 is 17.9 Å². The Morgan fingerprint density at radius 1 is 0.344 bits per heavy atom. The highest BCUT2D eigenvalue weighted by molar-refractivity contribution is 5.71. The molecular formula is C58H104O6. The topological polar surface area (TPSA) is 78.9 Å². The number of unbranched alkanes of at least 4 members (excludes halogenated alkanes) is 32. The van der Waals surface area contributed by atoms with Crippen LogP contribution in [0.4, 0.5) is 0 Å². The lowest BCUT2D eigenvalue weighted by Gasteiger charge is -2.18. The van der Waals surface area contributed by atoms with Crippen LogP contribution in [0.25, 0.3) is 0 Å². The van der Waals surface area contributed by atoms with Crippen molar-refractivity contribution < 1.29 is 28.6 Å². The molecular weight excluding hydrogens is 793 g/mol. The quantitative estimate of drug-likeness (QED) is 0.0199. The zero-order valence-electron chi connectivity index (χ0n) is 42.6. The number of carbonyl (C=O) groups excluding carboxylic acids is 3. The summed E-state index contributed by atoms with van der Waals surface area (Å²) >= 11 is 0. The molecule has 0 saturated heterocycles. The van der Waals surface area contributed by atoms with Crippen molar-refractivity contribution in [3.8, 4) is 0 Å². The fourth-order valence-corrected chi connectivity index (χ4v) is 7.94. The summed E-state index contributed by atoms with van der Waals surface area (Å²) < 4.78 is 16.8. The van der Waals surface area contributed by atoms with Crippen LogP contribution in [0, 0.1) is 0 Å². The molecule has 0 saturated carbocycles. The largest absolute Gasteiger partial charge is 0.462 e. The van der Waals surface area contributed by atoms with E-state index >= 15 is 0 Å². The van der Waals surface area contributed by atoms with E-state index in [4.69, 9.17) is 14.2 Å². The van der Waals surface area contributed by atoms with Crippen LogP contribution in [-0.2, 0) is 28.6 Å². The highest BCUT2D eigenvalue weighted by Crippen LogP contribution is 2.16. The van der Waals surface area contributed by atoms with Crippen LogP contribution in [0.1, 0.15) is 284 Å². The smallest absolute Gasteiger partial charge is 0.306 e. The number of allylic oxidation sites excluding steroid dienone is 8. The molecule has 6 heteroatoms. The van der Waals surface area contributed by atoms with Gasteiger partial charge in [-0.25, -0.2) is 0 Å². The molecule has 64 heavy (non-hydrogen) atoms. The Hall–Kier alpha value is -2.63. The van der Waals surface area contributed by atoms with Gasteiger partial charge in [-0.2, -0.15) is 0 Å². The summed E-state index contributed by atoms with van der Waals surface area (Å²) in [4.78, 5) is 38.1.